The van der Waals surface area contributed by atoms with Crippen molar-refractivity contribution in [2.75, 3.05) is 13.7 Å². The minimum Gasteiger partial charge on any atom is -0.482 e. The third-order valence-corrected chi connectivity index (χ3v) is 3.37. The number of aromatic nitrogens is 1. The Hall–Kier alpha value is -2.63. The van der Waals surface area contributed by atoms with Gasteiger partial charge in [-0.15, -0.1) is 0 Å². The Balaban J connectivity index is 1.72. The van der Waals surface area contributed by atoms with Crippen molar-refractivity contribution in [2.45, 2.75) is 13.2 Å². The second-order valence-corrected chi connectivity index (χ2v) is 5.05. The van der Waals surface area contributed by atoms with Crippen molar-refractivity contribution in [1.82, 2.24) is 9.88 Å². The summed E-state index contributed by atoms with van der Waals surface area (Å²) in [6.07, 6.45) is 0. The van der Waals surface area contributed by atoms with Crippen LogP contribution in [0.3, 0.4) is 0 Å². The van der Waals surface area contributed by atoms with E-state index in [2.05, 4.69) is 4.98 Å². The molecule has 0 atom stereocenters. The molecule has 2 aromatic rings. The summed E-state index contributed by atoms with van der Waals surface area (Å²) in [5, 5.41) is 0. The van der Waals surface area contributed by atoms with Gasteiger partial charge in [-0.2, -0.15) is 0 Å². The maximum atomic E-state index is 12.8. The second kappa shape index (κ2) is 6.01. The van der Waals surface area contributed by atoms with Gasteiger partial charge >= 0.3 is 0 Å². The fourth-order valence-electron chi connectivity index (χ4n) is 2.09. The monoisotopic (exact) mass is 302 g/mol. The van der Waals surface area contributed by atoms with Gasteiger partial charge in [0.05, 0.1) is 6.54 Å². The van der Waals surface area contributed by atoms with E-state index in [0.29, 0.717) is 30.5 Å². The summed E-state index contributed by atoms with van der Waals surface area (Å²) < 4.78 is 23.9. The van der Waals surface area contributed by atoms with Gasteiger partial charge in [0.2, 0.25) is 5.88 Å². The summed E-state index contributed by atoms with van der Waals surface area (Å²) in [4.78, 5) is 17.6. The Labute approximate surface area is 127 Å². The fraction of sp³-hybridized carbons (Fsp3) is 0.250. The zero-order valence-corrected chi connectivity index (χ0v) is 12.1. The van der Waals surface area contributed by atoms with E-state index in [4.69, 9.17) is 9.47 Å². The van der Waals surface area contributed by atoms with Crippen molar-refractivity contribution in [3.05, 3.63) is 53.5 Å². The maximum absolute atomic E-state index is 12.8. The molecule has 0 aliphatic carbocycles. The SMILES string of the molecule is CN1Cc2nc(OCc3ccc(F)cc3)ccc2OCC1=O. The molecule has 0 bridgehead atoms. The van der Waals surface area contributed by atoms with Crippen molar-refractivity contribution in [3.8, 4) is 11.6 Å². The average Bonchev–Trinajstić information content (AvgIpc) is 2.66. The minimum atomic E-state index is -0.281. The lowest BCUT2D eigenvalue weighted by Gasteiger charge is -2.12. The molecule has 2 heterocycles. The molecule has 0 fully saturated rings. The molecule has 114 valence electrons. The van der Waals surface area contributed by atoms with Crippen molar-refractivity contribution in [1.29, 1.82) is 0 Å². The van der Waals surface area contributed by atoms with Crippen LogP contribution >= 0.6 is 0 Å². The van der Waals surface area contributed by atoms with Crippen LogP contribution in [-0.4, -0.2) is 29.4 Å². The molecule has 6 heteroatoms. The van der Waals surface area contributed by atoms with Crippen LogP contribution in [0.2, 0.25) is 0 Å². The summed E-state index contributed by atoms with van der Waals surface area (Å²) >= 11 is 0. The summed E-state index contributed by atoms with van der Waals surface area (Å²) in [6.45, 7) is 0.685. The highest BCUT2D eigenvalue weighted by atomic mass is 19.1. The van der Waals surface area contributed by atoms with Gasteiger partial charge in [-0.3, -0.25) is 4.79 Å². The van der Waals surface area contributed by atoms with Gasteiger partial charge in [0.25, 0.3) is 5.91 Å². The van der Waals surface area contributed by atoms with E-state index in [1.54, 1.807) is 36.2 Å². The number of benzene rings is 1. The van der Waals surface area contributed by atoms with Crippen LogP contribution in [0.25, 0.3) is 0 Å². The highest BCUT2D eigenvalue weighted by Crippen LogP contribution is 2.24. The highest BCUT2D eigenvalue weighted by molar-refractivity contribution is 5.78. The molecular weight excluding hydrogens is 287 g/mol. The summed E-state index contributed by atoms with van der Waals surface area (Å²) in [7, 11) is 1.70. The predicted molar refractivity (Wildman–Crippen MR) is 76.9 cm³/mol. The van der Waals surface area contributed by atoms with Crippen LogP contribution < -0.4 is 9.47 Å². The number of nitrogens with zero attached hydrogens (tertiary/aromatic N) is 2. The Bertz CT molecular complexity index is 688. The smallest absolute Gasteiger partial charge is 0.260 e. The molecule has 0 unspecified atom stereocenters. The number of fused-ring (bicyclic) bond motifs is 1. The summed E-state index contributed by atoms with van der Waals surface area (Å²) in [5.74, 6) is 0.657. The van der Waals surface area contributed by atoms with E-state index in [1.165, 1.54) is 12.1 Å². The standard InChI is InChI=1S/C16H15FN2O3/c1-19-8-13-14(21-10-16(19)20)6-7-15(18-13)22-9-11-2-4-12(17)5-3-11/h2-7H,8-10H2,1H3. The van der Waals surface area contributed by atoms with E-state index >= 15 is 0 Å². The molecule has 1 aliphatic rings. The van der Waals surface area contributed by atoms with Gasteiger partial charge in [0, 0.05) is 13.1 Å². The molecule has 5 nitrogen and oxygen atoms in total. The lowest BCUT2D eigenvalue weighted by Crippen LogP contribution is -2.28. The predicted octanol–water partition coefficient (Wildman–Crippen LogP) is 2.15. The summed E-state index contributed by atoms with van der Waals surface area (Å²) in [6, 6.07) is 9.53. The van der Waals surface area contributed by atoms with Gasteiger partial charge < -0.3 is 14.4 Å². The first-order chi connectivity index (χ1) is 10.6. The first kappa shape index (κ1) is 14.3. The molecule has 0 saturated carbocycles. The molecule has 0 radical (unpaired) electrons. The largest absolute Gasteiger partial charge is 0.482 e. The zero-order chi connectivity index (χ0) is 15.5. The molecule has 1 aromatic carbocycles. The van der Waals surface area contributed by atoms with E-state index in [0.717, 1.165) is 5.56 Å². The number of hydrogen-bond acceptors (Lipinski definition) is 4. The van der Waals surface area contributed by atoms with Crippen molar-refractivity contribution >= 4 is 5.91 Å². The highest BCUT2D eigenvalue weighted by Gasteiger charge is 2.20. The van der Waals surface area contributed by atoms with Gasteiger partial charge in [0.15, 0.2) is 6.61 Å². The minimum absolute atomic E-state index is 0.0148. The van der Waals surface area contributed by atoms with Gasteiger partial charge in [0.1, 0.15) is 23.9 Å². The van der Waals surface area contributed by atoms with Crippen molar-refractivity contribution in [3.63, 3.8) is 0 Å². The molecule has 22 heavy (non-hydrogen) atoms. The van der Waals surface area contributed by atoms with Gasteiger partial charge in [-0.1, -0.05) is 12.1 Å². The van der Waals surface area contributed by atoms with Crippen LogP contribution in [0.1, 0.15) is 11.3 Å². The fourth-order valence-corrected chi connectivity index (χ4v) is 2.09. The number of amides is 1. The molecule has 1 aromatic heterocycles. The van der Waals surface area contributed by atoms with E-state index in [-0.39, 0.29) is 18.3 Å². The lowest BCUT2D eigenvalue weighted by atomic mass is 10.2. The van der Waals surface area contributed by atoms with Crippen LogP contribution in [0, 0.1) is 5.82 Å². The molecule has 1 amide bonds. The normalized spacial score (nSPS) is 14.1. The van der Waals surface area contributed by atoms with Crippen LogP contribution in [0.5, 0.6) is 11.6 Å². The topological polar surface area (TPSA) is 51.7 Å². The quantitative estimate of drug-likeness (QED) is 0.872. The number of carbonyl (C=O) groups excluding carboxylic acids is 1. The van der Waals surface area contributed by atoms with Crippen LogP contribution in [0.15, 0.2) is 36.4 Å². The molecule has 3 rings (SSSR count). The maximum Gasteiger partial charge on any atom is 0.260 e. The van der Waals surface area contributed by atoms with Gasteiger partial charge in [-0.05, 0) is 23.8 Å². The Morgan fingerprint density at radius 3 is 2.82 bits per heavy atom. The number of ether oxygens (including phenoxy) is 2. The molecule has 1 aliphatic heterocycles. The number of carbonyl (C=O) groups is 1. The van der Waals surface area contributed by atoms with Gasteiger partial charge in [-0.25, -0.2) is 9.37 Å². The zero-order valence-electron chi connectivity index (χ0n) is 12.1. The first-order valence-corrected chi connectivity index (χ1v) is 6.86. The van der Waals surface area contributed by atoms with Crippen molar-refractivity contribution in [2.24, 2.45) is 0 Å². The Morgan fingerprint density at radius 2 is 2.05 bits per heavy atom. The number of halogens is 1. The third kappa shape index (κ3) is 3.16. The molecular formula is C16H15FN2O3. The number of rotatable bonds is 3. The second-order valence-electron chi connectivity index (χ2n) is 5.05. The molecule has 0 saturated heterocycles. The molecule has 0 N–H and O–H groups in total. The Morgan fingerprint density at radius 1 is 1.27 bits per heavy atom. The molecule has 0 spiro atoms. The van der Waals surface area contributed by atoms with E-state index in [1.807, 2.05) is 0 Å². The van der Waals surface area contributed by atoms with E-state index < -0.39 is 0 Å². The first-order valence-electron chi connectivity index (χ1n) is 6.86. The van der Waals surface area contributed by atoms with E-state index in [9.17, 15) is 9.18 Å². The third-order valence-electron chi connectivity index (χ3n) is 3.37. The van der Waals surface area contributed by atoms with Crippen LogP contribution in [0.4, 0.5) is 4.39 Å². The average molecular weight is 302 g/mol. The Kier molecular flexibility index (Phi) is 3.91. The number of pyridine rings is 1. The lowest BCUT2D eigenvalue weighted by molar-refractivity contribution is -0.131. The number of likely N-dealkylation sites (N-methyl/N-ethyl adjacent to an activating group) is 1. The van der Waals surface area contributed by atoms with Crippen molar-refractivity contribution < 1.29 is 18.7 Å². The summed E-state index contributed by atoms with van der Waals surface area (Å²) in [5.41, 5.74) is 1.51. The van der Waals surface area contributed by atoms with Crippen LogP contribution in [-0.2, 0) is 17.9 Å². The number of hydrogen-bond donors (Lipinski definition) is 0.